The Bertz CT molecular complexity index is 806. The number of anilines is 1. The fourth-order valence-electron chi connectivity index (χ4n) is 1.68. The molecule has 0 spiro atoms. The highest BCUT2D eigenvalue weighted by atomic mass is 32.2. The molecule has 1 amide bonds. The predicted octanol–water partition coefficient (Wildman–Crippen LogP) is 2.60. The number of aryl methyl sites for hydroxylation is 1. The molecule has 118 valence electrons. The van der Waals surface area contributed by atoms with E-state index in [1.165, 1.54) is 24.3 Å². The van der Waals surface area contributed by atoms with E-state index in [0.29, 0.717) is 5.13 Å². The minimum absolute atomic E-state index is 0.182. The average molecular weight is 357 g/mol. The molecule has 9 heteroatoms. The summed E-state index contributed by atoms with van der Waals surface area (Å²) in [6, 6.07) is 1.61. The van der Waals surface area contributed by atoms with Gasteiger partial charge in [-0.25, -0.2) is 18.1 Å². The van der Waals surface area contributed by atoms with Gasteiger partial charge < -0.3 is 5.32 Å². The number of thiophene rings is 1. The van der Waals surface area contributed by atoms with Gasteiger partial charge in [-0.15, -0.1) is 17.9 Å². The molecule has 2 aromatic heterocycles. The average Bonchev–Trinajstić information content (AvgIpc) is 3.03. The van der Waals surface area contributed by atoms with Crippen LogP contribution in [0.5, 0.6) is 0 Å². The number of thiazole rings is 1. The largest absolute Gasteiger partial charge is 0.302 e. The molecule has 0 saturated carbocycles. The van der Waals surface area contributed by atoms with Gasteiger partial charge in [0, 0.05) is 24.4 Å². The summed E-state index contributed by atoms with van der Waals surface area (Å²) in [7, 11) is -3.52. The number of rotatable bonds is 6. The van der Waals surface area contributed by atoms with Gasteiger partial charge in [0.2, 0.25) is 15.9 Å². The van der Waals surface area contributed by atoms with E-state index >= 15 is 0 Å². The van der Waals surface area contributed by atoms with Crippen molar-refractivity contribution >= 4 is 43.7 Å². The Kier molecular flexibility index (Phi) is 5.12. The molecule has 2 heterocycles. The maximum Gasteiger partial charge on any atom is 0.250 e. The second-order valence-corrected chi connectivity index (χ2v) is 8.31. The number of hydrogen-bond donors (Lipinski definition) is 2. The minimum Gasteiger partial charge on any atom is -0.302 e. The maximum atomic E-state index is 12.1. The highest BCUT2D eigenvalue weighted by Gasteiger charge is 2.18. The number of amides is 1. The van der Waals surface area contributed by atoms with Crippen LogP contribution in [0.4, 0.5) is 5.13 Å². The van der Waals surface area contributed by atoms with E-state index in [4.69, 9.17) is 0 Å². The van der Waals surface area contributed by atoms with Crippen LogP contribution in [-0.2, 0) is 14.8 Å². The summed E-state index contributed by atoms with van der Waals surface area (Å²) < 4.78 is 26.8. The molecule has 2 aromatic rings. The molecule has 0 unspecified atom stereocenters. The molecule has 0 fully saturated rings. The molecule has 0 radical (unpaired) electrons. The monoisotopic (exact) mass is 357 g/mol. The van der Waals surface area contributed by atoms with Crippen LogP contribution < -0.4 is 10.0 Å². The third-order valence-electron chi connectivity index (χ3n) is 2.60. The fourth-order valence-corrected chi connectivity index (χ4v) is 4.97. The number of carbonyl (C=O) groups excluding carboxylic acids is 1. The first kappa shape index (κ1) is 16.8. The second kappa shape index (κ2) is 6.69. The number of carbonyl (C=O) groups is 1. The summed E-state index contributed by atoms with van der Waals surface area (Å²) in [6.45, 7) is 6.90. The smallest absolute Gasteiger partial charge is 0.250 e. The van der Waals surface area contributed by atoms with E-state index < -0.39 is 10.0 Å². The Hall–Kier alpha value is -1.55. The van der Waals surface area contributed by atoms with Gasteiger partial charge in [0.15, 0.2) is 5.13 Å². The molecule has 0 aliphatic carbocycles. The van der Waals surface area contributed by atoms with Gasteiger partial charge in [-0.2, -0.15) is 0 Å². The Morgan fingerprint density at radius 3 is 2.86 bits per heavy atom. The molecule has 0 bridgehead atoms. The third kappa shape index (κ3) is 3.80. The van der Waals surface area contributed by atoms with E-state index in [1.54, 1.807) is 11.4 Å². The molecule has 0 aromatic carbocycles. The predicted molar refractivity (Wildman–Crippen MR) is 89.9 cm³/mol. The maximum absolute atomic E-state index is 12.1. The lowest BCUT2D eigenvalue weighted by Crippen LogP contribution is -2.22. The van der Waals surface area contributed by atoms with Gasteiger partial charge in [-0.3, -0.25) is 4.79 Å². The quantitative estimate of drug-likeness (QED) is 0.778. The van der Waals surface area contributed by atoms with Crippen LogP contribution in [0.25, 0.3) is 10.4 Å². The first-order valence-corrected chi connectivity index (χ1v) is 9.46. The van der Waals surface area contributed by atoms with Crippen LogP contribution in [-0.4, -0.2) is 25.9 Å². The lowest BCUT2D eigenvalue weighted by molar-refractivity contribution is -0.114. The molecule has 2 rings (SSSR count). The zero-order valence-electron chi connectivity index (χ0n) is 12.0. The lowest BCUT2D eigenvalue weighted by atomic mass is 10.2. The Morgan fingerprint density at radius 1 is 1.50 bits per heavy atom. The Balaban J connectivity index is 2.30. The summed E-state index contributed by atoms with van der Waals surface area (Å²) in [5.74, 6) is -0.192. The van der Waals surface area contributed by atoms with Gasteiger partial charge in [-0.05, 0) is 13.0 Å². The molecular weight excluding hydrogens is 342 g/mol. The van der Waals surface area contributed by atoms with Crippen molar-refractivity contribution in [2.45, 2.75) is 18.1 Å². The SMILES string of the molecule is C=CCNS(=O)(=O)c1cc(-c2sc(NC(C)=O)nc2C)cs1. The number of aromatic nitrogens is 1. The van der Waals surface area contributed by atoms with Gasteiger partial charge >= 0.3 is 0 Å². The van der Waals surface area contributed by atoms with Crippen molar-refractivity contribution in [3.63, 3.8) is 0 Å². The summed E-state index contributed by atoms with van der Waals surface area (Å²) in [6.07, 6.45) is 1.49. The van der Waals surface area contributed by atoms with Gasteiger partial charge in [0.1, 0.15) is 4.21 Å². The van der Waals surface area contributed by atoms with Crippen molar-refractivity contribution in [1.82, 2.24) is 9.71 Å². The zero-order chi connectivity index (χ0) is 16.3. The van der Waals surface area contributed by atoms with Gasteiger partial charge in [-0.1, -0.05) is 17.4 Å². The number of sulfonamides is 1. The molecule has 22 heavy (non-hydrogen) atoms. The minimum atomic E-state index is -3.52. The Labute approximate surface area is 137 Å². The first-order valence-electron chi connectivity index (χ1n) is 6.28. The molecule has 0 aliphatic rings. The first-order chi connectivity index (χ1) is 10.3. The summed E-state index contributed by atoms with van der Waals surface area (Å²) in [5.41, 5.74) is 1.52. The molecule has 0 saturated heterocycles. The number of nitrogens with zero attached hydrogens (tertiary/aromatic N) is 1. The van der Waals surface area contributed by atoms with Crippen molar-refractivity contribution in [1.29, 1.82) is 0 Å². The second-order valence-electron chi connectivity index (χ2n) is 4.41. The summed E-state index contributed by atoms with van der Waals surface area (Å²) >= 11 is 2.46. The van der Waals surface area contributed by atoms with Crippen molar-refractivity contribution in [3.05, 3.63) is 29.8 Å². The van der Waals surface area contributed by atoms with Crippen molar-refractivity contribution in [2.75, 3.05) is 11.9 Å². The summed E-state index contributed by atoms with van der Waals surface area (Å²) in [4.78, 5) is 16.2. The molecular formula is C13H15N3O3S3. The molecule has 6 nitrogen and oxygen atoms in total. The van der Waals surface area contributed by atoms with E-state index in [-0.39, 0.29) is 16.7 Å². The standard InChI is InChI=1S/C13H15N3O3S3/c1-4-5-14-22(18,19)11-6-10(7-20-11)12-8(2)15-13(21-12)16-9(3)17/h4,6-7,14H,1,5H2,2-3H3,(H,15,16,17). The van der Waals surface area contributed by atoms with Crippen LogP contribution >= 0.6 is 22.7 Å². The van der Waals surface area contributed by atoms with Crippen LogP contribution in [0, 0.1) is 6.92 Å². The van der Waals surface area contributed by atoms with E-state index in [0.717, 1.165) is 27.5 Å². The van der Waals surface area contributed by atoms with Crippen LogP contribution in [0.2, 0.25) is 0 Å². The molecule has 0 aliphatic heterocycles. The van der Waals surface area contributed by atoms with Crippen molar-refractivity contribution in [3.8, 4) is 10.4 Å². The highest BCUT2D eigenvalue weighted by Crippen LogP contribution is 2.36. The topological polar surface area (TPSA) is 88.2 Å². The van der Waals surface area contributed by atoms with Crippen LogP contribution in [0.1, 0.15) is 12.6 Å². The Morgan fingerprint density at radius 2 is 2.23 bits per heavy atom. The highest BCUT2D eigenvalue weighted by molar-refractivity contribution is 7.91. The van der Waals surface area contributed by atoms with E-state index in [2.05, 4.69) is 21.6 Å². The zero-order valence-corrected chi connectivity index (χ0v) is 14.5. The van der Waals surface area contributed by atoms with E-state index in [9.17, 15) is 13.2 Å². The normalized spacial score (nSPS) is 11.4. The van der Waals surface area contributed by atoms with Gasteiger partial charge in [0.05, 0.1) is 10.6 Å². The van der Waals surface area contributed by atoms with Crippen LogP contribution in [0.15, 0.2) is 28.3 Å². The van der Waals surface area contributed by atoms with Crippen molar-refractivity contribution in [2.24, 2.45) is 0 Å². The van der Waals surface area contributed by atoms with Gasteiger partial charge in [0.25, 0.3) is 0 Å². The number of nitrogens with one attached hydrogen (secondary N) is 2. The lowest BCUT2D eigenvalue weighted by Gasteiger charge is -2.00. The molecule has 2 N–H and O–H groups in total. The summed E-state index contributed by atoms with van der Waals surface area (Å²) in [5, 5.41) is 4.90. The third-order valence-corrected chi connectivity index (χ3v) is 6.58. The van der Waals surface area contributed by atoms with Crippen LogP contribution in [0.3, 0.4) is 0 Å². The number of hydrogen-bond acceptors (Lipinski definition) is 6. The fraction of sp³-hybridized carbons (Fsp3) is 0.231. The van der Waals surface area contributed by atoms with E-state index in [1.807, 2.05) is 6.92 Å². The molecule has 0 atom stereocenters. The van der Waals surface area contributed by atoms with Crippen molar-refractivity contribution < 1.29 is 13.2 Å².